The number of carbonyl (C=O) groups is 1. The average Bonchev–Trinajstić information content (AvgIpc) is 2.55. The Balaban J connectivity index is 1.72. The molecule has 24 heavy (non-hydrogen) atoms. The first kappa shape index (κ1) is 16.0. The number of ether oxygens (including phenoxy) is 2. The topological polar surface area (TPSA) is 69.9 Å². The van der Waals surface area contributed by atoms with E-state index in [1.807, 2.05) is 13.0 Å². The fourth-order valence-electron chi connectivity index (χ4n) is 2.11. The Labute approximate surface area is 142 Å². The van der Waals surface area contributed by atoms with Gasteiger partial charge >= 0.3 is 5.97 Å². The summed E-state index contributed by atoms with van der Waals surface area (Å²) in [5, 5.41) is 0.570. The van der Waals surface area contributed by atoms with Crippen LogP contribution in [0.25, 0.3) is 5.65 Å². The fourth-order valence-corrected chi connectivity index (χ4v) is 2.24. The van der Waals surface area contributed by atoms with Crippen LogP contribution in [0.4, 0.5) is 0 Å². The third-order valence-corrected chi connectivity index (χ3v) is 3.50. The van der Waals surface area contributed by atoms with E-state index < -0.39 is 5.97 Å². The molecule has 0 spiro atoms. The summed E-state index contributed by atoms with van der Waals surface area (Å²) in [6, 6.07) is 11.3. The highest BCUT2D eigenvalue weighted by Gasteiger charge is 2.10. The molecule has 0 radical (unpaired) electrons. The van der Waals surface area contributed by atoms with Gasteiger partial charge in [-0.3, -0.25) is 9.20 Å². The number of halogens is 1. The lowest BCUT2D eigenvalue weighted by Crippen LogP contribution is -2.21. The lowest BCUT2D eigenvalue weighted by Gasteiger charge is -2.08. The molecule has 1 aromatic carbocycles. The van der Waals surface area contributed by atoms with Crippen LogP contribution in [0.3, 0.4) is 0 Å². The Kier molecular flexibility index (Phi) is 4.48. The average molecular weight is 345 g/mol. The molecule has 3 aromatic rings. The zero-order valence-corrected chi connectivity index (χ0v) is 13.5. The number of aryl methyl sites for hydroxylation is 1. The smallest absolute Gasteiger partial charge is 0.350 e. The number of carbonyl (C=O) groups excluding carboxylic acids is 1. The van der Waals surface area contributed by atoms with E-state index in [4.69, 9.17) is 21.1 Å². The van der Waals surface area contributed by atoms with Crippen LogP contribution in [0.2, 0.25) is 5.02 Å². The van der Waals surface area contributed by atoms with Gasteiger partial charge in [0.25, 0.3) is 5.56 Å². The van der Waals surface area contributed by atoms with Crippen molar-refractivity contribution in [2.75, 3.05) is 6.61 Å². The lowest BCUT2D eigenvalue weighted by atomic mass is 10.3. The van der Waals surface area contributed by atoms with Gasteiger partial charge in [0.05, 0.1) is 6.07 Å². The molecule has 0 fully saturated rings. The number of hydrogen-bond acceptors (Lipinski definition) is 5. The third kappa shape index (κ3) is 3.55. The van der Waals surface area contributed by atoms with Crippen molar-refractivity contribution in [1.82, 2.24) is 9.38 Å². The molecule has 6 nitrogen and oxygen atoms in total. The zero-order chi connectivity index (χ0) is 17.1. The minimum absolute atomic E-state index is 0.0565. The summed E-state index contributed by atoms with van der Waals surface area (Å²) in [7, 11) is 0. The number of aromatic nitrogens is 2. The molecule has 0 amide bonds. The molecule has 0 atom stereocenters. The van der Waals surface area contributed by atoms with Gasteiger partial charge in [-0.2, -0.15) is 4.98 Å². The number of pyridine rings is 1. The minimum Gasteiger partial charge on any atom is -0.482 e. The summed E-state index contributed by atoms with van der Waals surface area (Å²) in [6.07, 6.45) is 1.60. The summed E-state index contributed by atoms with van der Waals surface area (Å²) in [4.78, 5) is 28.1. The van der Waals surface area contributed by atoms with Crippen molar-refractivity contribution in [1.29, 1.82) is 0 Å². The van der Waals surface area contributed by atoms with Crippen LogP contribution in [0.5, 0.6) is 11.6 Å². The van der Waals surface area contributed by atoms with Crippen molar-refractivity contribution in [3.05, 3.63) is 69.6 Å². The molecule has 0 unspecified atom stereocenters. The molecule has 0 aliphatic rings. The van der Waals surface area contributed by atoms with Crippen molar-refractivity contribution in [2.24, 2.45) is 0 Å². The lowest BCUT2D eigenvalue weighted by molar-refractivity contribution is -0.136. The van der Waals surface area contributed by atoms with Gasteiger partial charge < -0.3 is 9.47 Å². The maximum absolute atomic E-state index is 12.0. The van der Waals surface area contributed by atoms with E-state index in [9.17, 15) is 9.59 Å². The first-order valence-corrected chi connectivity index (χ1v) is 7.49. The van der Waals surface area contributed by atoms with Gasteiger partial charge in [0.2, 0.25) is 5.88 Å². The van der Waals surface area contributed by atoms with Gasteiger partial charge in [-0.25, -0.2) is 4.79 Å². The molecule has 0 bridgehead atoms. The van der Waals surface area contributed by atoms with Crippen molar-refractivity contribution >= 4 is 23.2 Å². The fraction of sp³-hybridized carbons (Fsp3) is 0.118. The molecule has 0 saturated carbocycles. The van der Waals surface area contributed by atoms with Crippen LogP contribution in [-0.4, -0.2) is 22.0 Å². The molecular formula is C17H13ClN2O4. The van der Waals surface area contributed by atoms with Gasteiger partial charge in [-0.05, 0) is 42.8 Å². The summed E-state index contributed by atoms with van der Waals surface area (Å²) in [5.41, 5.74) is 0.904. The van der Waals surface area contributed by atoms with E-state index in [1.165, 1.54) is 4.40 Å². The molecule has 0 aliphatic heterocycles. The molecule has 0 N–H and O–H groups in total. The van der Waals surface area contributed by atoms with Gasteiger partial charge in [0.1, 0.15) is 11.4 Å². The van der Waals surface area contributed by atoms with E-state index in [0.717, 1.165) is 11.6 Å². The quantitative estimate of drug-likeness (QED) is 0.680. The van der Waals surface area contributed by atoms with Crippen LogP contribution in [0.15, 0.2) is 53.5 Å². The van der Waals surface area contributed by atoms with E-state index in [2.05, 4.69) is 4.98 Å². The Morgan fingerprint density at radius 2 is 2.00 bits per heavy atom. The van der Waals surface area contributed by atoms with Crippen molar-refractivity contribution in [2.45, 2.75) is 6.92 Å². The number of benzene rings is 1. The Morgan fingerprint density at radius 3 is 2.75 bits per heavy atom. The predicted octanol–water partition coefficient (Wildman–Crippen LogP) is 2.64. The predicted molar refractivity (Wildman–Crippen MR) is 88.8 cm³/mol. The molecule has 0 aliphatic carbocycles. The second kappa shape index (κ2) is 6.72. The van der Waals surface area contributed by atoms with Crippen LogP contribution in [-0.2, 0) is 4.79 Å². The van der Waals surface area contributed by atoms with E-state index in [-0.39, 0.29) is 18.0 Å². The number of hydrogen-bond donors (Lipinski definition) is 0. The van der Waals surface area contributed by atoms with Crippen LogP contribution in [0, 0.1) is 6.92 Å². The number of esters is 1. The molecule has 122 valence electrons. The van der Waals surface area contributed by atoms with Crippen molar-refractivity contribution < 1.29 is 14.3 Å². The minimum atomic E-state index is -0.658. The van der Waals surface area contributed by atoms with Crippen LogP contribution in [0.1, 0.15) is 5.56 Å². The van der Waals surface area contributed by atoms with Crippen LogP contribution < -0.4 is 15.0 Å². The largest absolute Gasteiger partial charge is 0.482 e. The van der Waals surface area contributed by atoms with Crippen molar-refractivity contribution in [3.8, 4) is 11.6 Å². The third-order valence-electron chi connectivity index (χ3n) is 3.25. The zero-order valence-electron chi connectivity index (χ0n) is 12.7. The van der Waals surface area contributed by atoms with Gasteiger partial charge in [0.15, 0.2) is 6.61 Å². The summed E-state index contributed by atoms with van der Waals surface area (Å²) in [6.45, 7) is 1.51. The number of nitrogens with zero attached hydrogens (tertiary/aromatic N) is 2. The summed E-state index contributed by atoms with van der Waals surface area (Å²) >= 11 is 5.77. The molecule has 2 aromatic heterocycles. The summed E-state index contributed by atoms with van der Waals surface area (Å²) in [5.74, 6) is -0.229. The summed E-state index contributed by atoms with van der Waals surface area (Å²) < 4.78 is 11.8. The normalized spacial score (nSPS) is 10.6. The first-order valence-electron chi connectivity index (χ1n) is 7.11. The molecule has 2 heterocycles. The molecule has 3 rings (SSSR count). The van der Waals surface area contributed by atoms with E-state index in [1.54, 1.807) is 36.5 Å². The maximum atomic E-state index is 12.0. The first-order chi connectivity index (χ1) is 11.5. The molecular weight excluding hydrogens is 332 g/mol. The second-order valence-corrected chi connectivity index (χ2v) is 5.47. The van der Waals surface area contributed by atoms with Crippen molar-refractivity contribution in [3.63, 3.8) is 0 Å². The second-order valence-electron chi connectivity index (χ2n) is 5.03. The molecule has 0 saturated heterocycles. The van der Waals surface area contributed by atoms with Crippen LogP contribution >= 0.6 is 11.6 Å². The Bertz CT molecular complexity index is 951. The number of rotatable bonds is 4. The highest BCUT2D eigenvalue weighted by Crippen LogP contribution is 2.15. The van der Waals surface area contributed by atoms with Gasteiger partial charge in [-0.15, -0.1) is 0 Å². The standard InChI is InChI=1S/C17H13ClN2O4/c1-11-3-2-8-20-15(21)9-14(19-17(11)20)24-16(22)10-23-13-6-4-12(18)5-7-13/h2-9H,10H2,1H3. The molecule has 7 heteroatoms. The SMILES string of the molecule is Cc1cccn2c(=O)cc(OC(=O)COc3ccc(Cl)cc3)nc12. The Hall–Kier alpha value is -2.86. The highest BCUT2D eigenvalue weighted by atomic mass is 35.5. The van der Waals surface area contributed by atoms with Gasteiger partial charge in [-0.1, -0.05) is 17.7 Å². The monoisotopic (exact) mass is 344 g/mol. The maximum Gasteiger partial charge on any atom is 0.350 e. The highest BCUT2D eigenvalue weighted by molar-refractivity contribution is 6.30. The van der Waals surface area contributed by atoms with E-state index in [0.29, 0.717) is 16.4 Å². The number of fused-ring (bicyclic) bond motifs is 1. The Morgan fingerprint density at radius 1 is 1.25 bits per heavy atom. The van der Waals surface area contributed by atoms with E-state index >= 15 is 0 Å². The van der Waals surface area contributed by atoms with Gasteiger partial charge in [0, 0.05) is 11.2 Å².